The second-order valence-electron chi connectivity index (χ2n) is 7.10. The number of carbonyl (C=O) groups is 2. The molecular weight excluding hydrogens is 404 g/mol. The number of nitrogens with one attached hydrogen (secondary N) is 2. The Kier molecular flexibility index (Phi) is 5.98. The zero-order chi connectivity index (χ0) is 22.5. The van der Waals surface area contributed by atoms with E-state index in [1.807, 2.05) is 54.6 Å². The minimum absolute atomic E-state index is 0.153. The Balaban J connectivity index is 1.64. The number of amides is 2. The van der Waals surface area contributed by atoms with Crippen LogP contribution in [0.2, 0.25) is 0 Å². The van der Waals surface area contributed by atoms with Gasteiger partial charge in [-0.1, -0.05) is 18.2 Å². The highest BCUT2D eigenvalue weighted by molar-refractivity contribution is 6.03. The number of rotatable bonds is 6. The molecule has 0 saturated carbocycles. The molecule has 0 aliphatic carbocycles. The van der Waals surface area contributed by atoms with Gasteiger partial charge in [0.1, 0.15) is 5.75 Å². The van der Waals surface area contributed by atoms with Gasteiger partial charge in [0.15, 0.2) is 5.69 Å². The largest absolute Gasteiger partial charge is 0.497 e. The first-order valence-electron chi connectivity index (χ1n) is 10.0. The summed E-state index contributed by atoms with van der Waals surface area (Å²) in [6.45, 7) is 1.44. The molecule has 2 N–H and O–H groups in total. The minimum Gasteiger partial charge on any atom is -0.497 e. The van der Waals surface area contributed by atoms with Crippen LogP contribution in [0.4, 0.5) is 11.4 Å². The molecule has 1 aromatic heterocycles. The Hall–Kier alpha value is -4.39. The van der Waals surface area contributed by atoms with Crippen LogP contribution < -0.4 is 15.4 Å². The van der Waals surface area contributed by atoms with E-state index in [9.17, 15) is 9.59 Å². The van der Waals surface area contributed by atoms with Crippen LogP contribution in [0.5, 0.6) is 5.75 Å². The minimum atomic E-state index is -0.332. The maximum atomic E-state index is 12.9. The fraction of sp³-hybridized carbons (Fsp3) is 0.0800. The molecule has 0 aliphatic heterocycles. The van der Waals surface area contributed by atoms with Gasteiger partial charge < -0.3 is 15.4 Å². The number of hydrogen-bond acceptors (Lipinski definition) is 4. The van der Waals surface area contributed by atoms with Gasteiger partial charge in [-0.25, -0.2) is 4.68 Å². The summed E-state index contributed by atoms with van der Waals surface area (Å²) in [5.41, 5.74) is 4.07. The quantitative estimate of drug-likeness (QED) is 0.466. The highest BCUT2D eigenvalue weighted by Crippen LogP contribution is 2.26. The first-order valence-corrected chi connectivity index (χ1v) is 10.0. The molecule has 0 saturated heterocycles. The molecule has 0 bridgehead atoms. The van der Waals surface area contributed by atoms with Crippen LogP contribution in [0, 0.1) is 0 Å². The van der Waals surface area contributed by atoms with Crippen molar-refractivity contribution in [2.75, 3.05) is 17.7 Å². The first kappa shape index (κ1) is 20.9. The Morgan fingerprint density at radius 3 is 2.06 bits per heavy atom. The van der Waals surface area contributed by atoms with Crippen molar-refractivity contribution in [3.05, 3.63) is 90.6 Å². The molecular formula is C25H22N4O3. The van der Waals surface area contributed by atoms with E-state index in [1.165, 1.54) is 6.92 Å². The summed E-state index contributed by atoms with van der Waals surface area (Å²) in [7, 11) is 1.62. The van der Waals surface area contributed by atoms with Crippen LogP contribution in [0.1, 0.15) is 17.4 Å². The molecule has 4 aromatic rings. The lowest BCUT2D eigenvalue weighted by Gasteiger charge is -2.08. The molecule has 0 unspecified atom stereocenters. The zero-order valence-electron chi connectivity index (χ0n) is 17.7. The lowest BCUT2D eigenvalue weighted by molar-refractivity contribution is -0.114. The maximum Gasteiger partial charge on any atom is 0.276 e. The van der Waals surface area contributed by atoms with Crippen molar-refractivity contribution in [3.63, 3.8) is 0 Å². The number of nitrogens with zero attached hydrogens (tertiary/aromatic N) is 2. The fourth-order valence-electron chi connectivity index (χ4n) is 3.26. The Morgan fingerprint density at radius 2 is 1.47 bits per heavy atom. The molecule has 0 atom stereocenters. The van der Waals surface area contributed by atoms with Crippen LogP contribution in [0.15, 0.2) is 84.9 Å². The standard InChI is InChI=1S/C25H22N4O3/c1-17(30)26-19-10-12-20(13-11-19)27-25(31)23-16-24(18-8-14-22(32-2)15-9-18)29(28-23)21-6-4-3-5-7-21/h3-16H,1-2H3,(H,26,30)(H,27,31). The van der Waals surface area contributed by atoms with Crippen molar-refractivity contribution < 1.29 is 14.3 Å². The SMILES string of the molecule is COc1ccc(-c2cc(C(=O)Nc3ccc(NC(C)=O)cc3)nn2-c2ccccc2)cc1. The number of hydrogen-bond donors (Lipinski definition) is 2. The third-order valence-electron chi connectivity index (χ3n) is 4.79. The van der Waals surface area contributed by atoms with Gasteiger partial charge in [-0.2, -0.15) is 5.10 Å². The van der Waals surface area contributed by atoms with Crippen LogP contribution >= 0.6 is 0 Å². The number of methoxy groups -OCH3 is 1. The van der Waals surface area contributed by atoms with Crippen molar-refractivity contribution in [2.45, 2.75) is 6.92 Å². The molecule has 1 heterocycles. The molecule has 160 valence electrons. The van der Waals surface area contributed by atoms with Crippen LogP contribution in [0.25, 0.3) is 16.9 Å². The van der Waals surface area contributed by atoms with Crippen LogP contribution in [-0.2, 0) is 4.79 Å². The van der Waals surface area contributed by atoms with Gasteiger partial charge in [-0.3, -0.25) is 9.59 Å². The van der Waals surface area contributed by atoms with Crippen molar-refractivity contribution in [2.24, 2.45) is 0 Å². The number of para-hydroxylation sites is 1. The molecule has 7 nitrogen and oxygen atoms in total. The Labute approximate surface area is 185 Å². The van der Waals surface area contributed by atoms with E-state index < -0.39 is 0 Å². The predicted octanol–water partition coefficient (Wildman–Crippen LogP) is 4.76. The van der Waals surface area contributed by atoms with Crippen LogP contribution in [0.3, 0.4) is 0 Å². The maximum absolute atomic E-state index is 12.9. The predicted molar refractivity (Wildman–Crippen MR) is 124 cm³/mol. The second-order valence-corrected chi connectivity index (χ2v) is 7.10. The summed E-state index contributed by atoms with van der Waals surface area (Å²) in [5.74, 6) is 0.265. The van der Waals surface area contributed by atoms with Gasteiger partial charge in [0.25, 0.3) is 5.91 Å². The number of carbonyl (C=O) groups excluding carboxylic acids is 2. The monoisotopic (exact) mass is 426 g/mol. The van der Waals surface area contributed by atoms with E-state index in [2.05, 4.69) is 15.7 Å². The van der Waals surface area contributed by atoms with E-state index >= 15 is 0 Å². The van der Waals surface area contributed by atoms with Gasteiger partial charge >= 0.3 is 0 Å². The fourth-order valence-corrected chi connectivity index (χ4v) is 3.26. The third kappa shape index (κ3) is 4.67. The third-order valence-corrected chi connectivity index (χ3v) is 4.79. The highest BCUT2D eigenvalue weighted by atomic mass is 16.5. The van der Waals surface area contributed by atoms with E-state index in [0.29, 0.717) is 11.4 Å². The number of aromatic nitrogens is 2. The molecule has 0 fully saturated rings. The molecule has 2 amide bonds. The van der Waals surface area contributed by atoms with Gasteiger partial charge in [0, 0.05) is 23.9 Å². The van der Waals surface area contributed by atoms with Crippen LogP contribution in [-0.4, -0.2) is 28.7 Å². The molecule has 0 aliphatic rings. The molecule has 32 heavy (non-hydrogen) atoms. The first-order chi connectivity index (χ1) is 15.5. The normalized spacial score (nSPS) is 10.4. The van der Waals surface area contributed by atoms with Gasteiger partial charge in [-0.15, -0.1) is 0 Å². The van der Waals surface area contributed by atoms with Crippen molar-refractivity contribution in [1.29, 1.82) is 0 Å². The molecule has 7 heteroatoms. The number of ether oxygens (including phenoxy) is 1. The average Bonchev–Trinajstić information content (AvgIpc) is 3.26. The Bertz CT molecular complexity index is 1230. The number of anilines is 2. The Morgan fingerprint density at radius 1 is 0.844 bits per heavy atom. The summed E-state index contributed by atoms with van der Waals surface area (Å²) in [6, 6.07) is 25.9. The van der Waals surface area contributed by atoms with Gasteiger partial charge in [0.2, 0.25) is 5.91 Å². The van der Waals surface area contributed by atoms with E-state index in [4.69, 9.17) is 4.74 Å². The second kappa shape index (κ2) is 9.18. The molecule has 0 spiro atoms. The summed E-state index contributed by atoms with van der Waals surface area (Å²) in [4.78, 5) is 24.1. The average molecular weight is 426 g/mol. The van der Waals surface area contributed by atoms with Gasteiger partial charge in [0.05, 0.1) is 18.5 Å². The lowest BCUT2D eigenvalue weighted by atomic mass is 10.1. The van der Waals surface area contributed by atoms with E-state index in [1.54, 1.807) is 42.1 Å². The lowest BCUT2D eigenvalue weighted by Crippen LogP contribution is -2.13. The summed E-state index contributed by atoms with van der Waals surface area (Å²) in [5, 5.41) is 10.1. The van der Waals surface area contributed by atoms with Crippen molar-refractivity contribution in [1.82, 2.24) is 9.78 Å². The topological polar surface area (TPSA) is 85.2 Å². The van der Waals surface area contributed by atoms with Gasteiger partial charge in [-0.05, 0) is 66.7 Å². The van der Waals surface area contributed by atoms with E-state index in [-0.39, 0.29) is 17.5 Å². The highest BCUT2D eigenvalue weighted by Gasteiger charge is 2.17. The molecule has 4 rings (SSSR count). The summed E-state index contributed by atoms with van der Waals surface area (Å²) >= 11 is 0. The summed E-state index contributed by atoms with van der Waals surface area (Å²) in [6.07, 6.45) is 0. The zero-order valence-corrected chi connectivity index (χ0v) is 17.7. The number of benzene rings is 3. The smallest absolute Gasteiger partial charge is 0.276 e. The molecule has 0 radical (unpaired) electrons. The van der Waals surface area contributed by atoms with Crippen molar-refractivity contribution >= 4 is 23.2 Å². The molecule has 3 aromatic carbocycles. The van der Waals surface area contributed by atoms with E-state index in [0.717, 1.165) is 22.7 Å². The van der Waals surface area contributed by atoms with Crippen molar-refractivity contribution in [3.8, 4) is 22.7 Å². The summed E-state index contributed by atoms with van der Waals surface area (Å²) < 4.78 is 7.00.